The second-order valence-electron chi connectivity index (χ2n) is 22.7. The molecule has 0 amide bonds. The van der Waals surface area contributed by atoms with Crippen LogP contribution in [0.1, 0.15) is 342 Å². The largest absolute Gasteiger partial charge is 0.462 e. The summed E-state index contributed by atoms with van der Waals surface area (Å²) in [6.07, 6.45) is 88.8. The molecule has 1 unspecified atom stereocenters. The van der Waals surface area contributed by atoms with Gasteiger partial charge in [-0.05, 0) is 96.3 Å². The lowest BCUT2D eigenvalue weighted by molar-refractivity contribution is -0.167. The number of carbonyl (C=O) groups is 3. The van der Waals surface area contributed by atoms with Crippen LogP contribution in [0.2, 0.25) is 0 Å². The fourth-order valence-corrected chi connectivity index (χ4v) is 9.80. The van der Waals surface area contributed by atoms with Crippen LogP contribution < -0.4 is 0 Å². The van der Waals surface area contributed by atoms with Crippen molar-refractivity contribution in [2.75, 3.05) is 13.2 Å². The summed E-state index contributed by atoms with van der Waals surface area (Å²) in [5.74, 6) is -0.868. The number of carbonyl (C=O) groups excluding carboxylic acids is 3. The van der Waals surface area contributed by atoms with Gasteiger partial charge in [0.05, 0.1) is 0 Å². The molecule has 0 aromatic carbocycles. The Hall–Kier alpha value is -3.41. The van der Waals surface area contributed by atoms with Crippen LogP contribution in [0.3, 0.4) is 0 Å². The average Bonchev–Trinajstić information content (AvgIpc) is 3.45. The van der Waals surface area contributed by atoms with Gasteiger partial charge in [0.1, 0.15) is 13.2 Å². The third kappa shape index (κ3) is 65.3. The van der Waals surface area contributed by atoms with Gasteiger partial charge in [0.2, 0.25) is 0 Å². The van der Waals surface area contributed by atoms with Gasteiger partial charge >= 0.3 is 17.9 Å². The van der Waals surface area contributed by atoms with Gasteiger partial charge in [-0.2, -0.15) is 0 Å². The Morgan fingerprint density at radius 2 is 0.494 bits per heavy atom. The Bertz CT molecular complexity index is 1500. The van der Waals surface area contributed by atoms with Crippen molar-refractivity contribution in [1.82, 2.24) is 0 Å². The van der Waals surface area contributed by atoms with Crippen molar-refractivity contribution in [1.29, 1.82) is 0 Å². The van der Waals surface area contributed by atoms with E-state index in [0.717, 1.165) is 103 Å². The second kappa shape index (κ2) is 67.1. The summed E-state index contributed by atoms with van der Waals surface area (Å²) < 4.78 is 17.0. The van der Waals surface area contributed by atoms with Gasteiger partial charge in [-0.1, -0.05) is 311 Å². The van der Waals surface area contributed by atoms with Crippen molar-refractivity contribution in [3.8, 4) is 0 Å². The van der Waals surface area contributed by atoms with Crippen molar-refractivity contribution < 1.29 is 28.6 Å². The normalized spacial score (nSPS) is 12.6. The van der Waals surface area contributed by atoms with E-state index in [1.165, 1.54) is 199 Å². The molecule has 0 N–H and O–H groups in total. The number of hydrogen-bond acceptors (Lipinski definition) is 6. The van der Waals surface area contributed by atoms with Crippen molar-refractivity contribution >= 4 is 17.9 Å². The van der Waals surface area contributed by atoms with Gasteiger partial charge in [0, 0.05) is 19.3 Å². The highest BCUT2D eigenvalue weighted by Crippen LogP contribution is 2.17. The van der Waals surface area contributed by atoms with Crippen molar-refractivity contribution in [3.63, 3.8) is 0 Å². The SMILES string of the molecule is CC/C=C\C/C=C\C/C=C\C/C=C\C/C=C\C/C=C\CCCCCCCCCCC(=O)OCC(COC(=O)CCCCCCCCCCCCCCCCC)OC(=O)CCCCCCCCCCC/C=C\CCCCCCCC. The van der Waals surface area contributed by atoms with E-state index < -0.39 is 6.10 Å². The number of hydrogen-bond donors (Lipinski definition) is 0. The minimum Gasteiger partial charge on any atom is -0.462 e. The molecule has 0 heterocycles. The van der Waals surface area contributed by atoms with Crippen LogP contribution in [-0.4, -0.2) is 37.2 Å². The number of unbranched alkanes of at least 4 members (excludes halogenated alkanes) is 37. The molecule has 0 radical (unpaired) electrons. The number of rotatable bonds is 62. The Morgan fingerprint density at radius 1 is 0.266 bits per heavy atom. The van der Waals surface area contributed by atoms with Crippen LogP contribution >= 0.6 is 0 Å². The van der Waals surface area contributed by atoms with E-state index in [-0.39, 0.29) is 31.1 Å². The minimum absolute atomic E-state index is 0.0759. The van der Waals surface area contributed by atoms with Crippen LogP contribution in [0.25, 0.3) is 0 Å². The van der Waals surface area contributed by atoms with Gasteiger partial charge in [-0.3, -0.25) is 14.4 Å². The maximum absolute atomic E-state index is 12.9. The molecule has 0 fully saturated rings. The zero-order chi connectivity index (χ0) is 57.1. The zero-order valence-electron chi connectivity index (χ0n) is 52.4. The first-order valence-electron chi connectivity index (χ1n) is 34.1. The van der Waals surface area contributed by atoms with Crippen LogP contribution in [0.4, 0.5) is 0 Å². The molecule has 1 atom stereocenters. The van der Waals surface area contributed by atoms with E-state index in [4.69, 9.17) is 14.2 Å². The summed E-state index contributed by atoms with van der Waals surface area (Å²) in [6.45, 7) is 6.56. The molecular formula is C73H128O6. The summed E-state index contributed by atoms with van der Waals surface area (Å²) in [7, 11) is 0. The highest BCUT2D eigenvalue weighted by atomic mass is 16.6. The smallest absolute Gasteiger partial charge is 0.306 e. The van der Waals surface area contributed by atoms with Crippen LogP contribution in [0.5, 0.6) is 0 Å². The second-order valence-corrected chi connectivity index (χ2v) is 22.7. The highest BCUT2D eigenvalue weighted by molar-refractivity contribution is 5.71. The van der Waals surface area contributed by atoms with Crippen LogP contribution in [0, 0.1) is 0 Å². The molecule has 0 spiro atoms. The molecular weight excluding hydrogens is 973 g/mol. The van der Waals surface area contributed by atoms with Gasteiger partial charge in [-0.25, -0.2) is 0 Å². The maximum Gasteiger partial charge on any atom is 0.306 e. The maximum atomic E-state index is 12.9. The van der Waals surface area contributed by atoms with Gasteiger partial charge < -0.3 is 14.2 Å². The highest BCUT2D eigenvalue weighted by Gasteiger charge is 2.19. The third-order valence-electron chi connectivity index (χ3n) is 14.9. The van der Waals surface area contributed by atoms with Crippen LogP contribution in [0.15, 0.2) is 85.1 Å². The van der Waals surface area contributed by atoms with Crippen molar-refractivity contribution in [2.24, 2.45) is 0 Å². The molecule has 0 rings (SSSR count). The molecule has 0 saturated heterocycles. The van der Waals surface area contributed by atoms with Crippen LogP contribution in [-0.2, 0) is 28.6 Å². The van der Waals surface area contributed by atoms with E-state index in [0.29, 0.717) is 19.3 Å². The first-order valence-corrected chi connectivity index (χ1v) is 34.1. The molecule has 456 valence electrons. The molecule has 79 heavy (non-hydrogen) atoms. The van der Waals surface area contributed by atoms with Gasteiger partial charge in [-0.15, -0.1) is 0 Å². The van der Waals surface area contributed by atoms with Gasteiger partial charge in [0.25, 0.3) is 0 Å². The van der Waals surface area contributed by atoms with E-state index >= 15 is 0 Å². The molecule has 0 aliphatic heterocycles. The summed E-state index contributed by atoms with van der Waals surface area (Å²) in [5.41, 5.74) is 0. The standard InChI is InChI=1S/C73H128O6/c1-4-7-10-13-16-19-22-25-28-30-32-33-34-35-36-37-38-39-41-42-45-48-51-54-57-60-63-66-72(75)78-69-70(68-77-71(74)65-62-59-56-53-50-47-44-27-24-21-18-15-12-9-6-3)79-73(76)67-64-61-58-55-52-49-46-43-40-31-29-26-23-20-17-14-11-8-5-2/h7,10,16,19,25-26,28-29,32-33,35-36,38-39,70H,4-6,8-9,11-15,17-18,20-24,27,30-31,34,37,40-69H2,1-3H3/b10-7-,19-16-,28-25-,29-26-,33-32-,36-35-,39-38-. The number of ether oxygens (including phenoxy) is 3. The topological polar surface area (TPSA) is 78.9 Å². The van der Waals surface area contributed by atoms with Crippen molar-refractivity contribution in [2.45, 2.75) is 348 Å². The Kier molecular flexibility index (Phi) is 64.2. The summed E-state index contributed by atoms with van der Waals surface area (Å²) in [5, 5.41) is 0. The quantitative estimate of drug-likeness (QED) is 0.0261. The molecule has 0 bridgehead atoms. The lowest BCUT2D eigenvalue weighted by Crippen LogP contribution is -2.30. The van der Waals surface area contributed by atoms with E-state index in [1.807, 2.05) is 0 Å². The first-order chi connectivity index (χ1) is 39.0. The number of esters is 3. The average molecular weight is 1100 g/mol. The summed E-state index contributed by atoms with van der Waals surface area (Å²) in [6, 6.07) is 0. The van der Waals surface area contributed by atoms with E-state index in [1.54, 1.807) is 0 Å². The van der Waals surface area contributed by atoms with Gasteiger partial charge in [0.15, 0.2) is 6.10 Å². The molecule has 0 aliphatic rings. The first kappa shape index (κ1) is 75.6. The van der Waals surface area contributed by atoms with E-state index in [2.05, 4.69) is 106 Å². The minimum atomic E-state index is -0.781. The zero-order valence-corrected chi connectivity index (χ0v) is 52.4. The predicted octanol–water partition coefficient (Wildman–Crippen LogP) is 23.4. The number of allylic oxidation sites excluding steroid dienone is 14. The summed E-state index contributed by atoms with van der Waals surface area (Å²) in [4.78, 5) is 38.4. The molecule has 0 saturated carbocycles. The predicted molar refractivity (Wildman–Crippen MR) is 344 cm³/mol. The fourth-order valence-electron chi connectivity index (χ4n) is 9.80. The molecule has 0 aliphatic carbocycles. The lowest BCUT2D eigenvalue weighted by Gasteiger charge is -2.18. The lowest BCUT2D eigenvalue weighted by atomic mass is 10.0. The summed E-state index contributed by atoms with van der Waals surface area (Å²) >= 11 is 0. The van der Waals surface area contributed by atoms with Crippen molar-refractivity contribution in [3.05, 3.63) is 85.1 Å². The molecule has 6 heteroatoms. The van der Waals surface area contributed by atoms with E-state index in [9.17, 15) is 14.4 Å². The monoisotopic (exact) mass is 1100 g/mol. The Labute approximate surface area is 490 Å². The molecule has 0 aromatic heterocycles. The fraction of sp³-hybridized carbons (Fsp3) is 0.767. The molecule has 6 nitrogen and oxygen atoms in total. The molecule has 0 aromatic rings. The Balaban J connectivity index is 4.34. The third-order valence-corrected chi connectivity index (χ3v) is 14.9. The Morgan fingerprint density at radius 3 is 0.785 bits per heavy atom.